The van der Waals surface area contributed by atoms with Crippen LogP contribution in [0, 0.1) is 5.92 Å². The highest BCUT2D eigenvalue weighted by Crippen LogP contribution is 2.17. The molecule has 1 unspecified atom stereocenters. The smallest absolute Gasteiger partial charge is 0.331 e. The third-order valence-corrected chi connectivity index (χ3v) is 4.62. The Hall–Kier alpha value is -3.34. The lowest BCUT2D eigenvalue weighted by Gasteiger charge is -2.13. The van der Waals surface area contributed by atoms with Crippen molar-refractivity contribution in [3.8, 4) is 5.75 Å². The van der Waals surface area contributed by atoms with Crippen LogP contribution in [0.1, 0.15) is 29.8 Å². The van der Waals surface area contributed by atoms with Crippen LogP contribution in [0.3, 0.4) is 0 Å². The molecular weight excluding hydrogens is 378 g/mol. The number of allylic oxidation sites excluding steroid dienone is 3. The van der Waals surface area contributed by atoms with E-state index in [-0.39, 0.29) is 18.3 Å². The van der Waals surface area contributed by atoms with Gasteiger partial charge in [-0.1, -0.05) is 36.8 Å². The van der Waals surface area contributed by atoms with Crippen LogP contribution >= 0.6 is 0 Å². The zero-order valence-corrected chi connectivity index (χ0v) is 18.2. The Morgan fingerprint density at radius 3 is 2.20 bits per heavy atom. The van der Waals surface area contributed by atoms with Crippen LogP contribution in [0.5, 0.6) is 5.75 Å². The van der Waals surface area contributed by atoms with Gasteiger partial charge in [0.15, 0.2) is 5.78 Å². The van der Waals surface area contributed by atoms with Gasteiger partial charge < -0.3 is 14.4 Å². The number of benzene rings is 2. The predicted octanol–water partition coefficient (Wildman–Crippen LogP) is 4.83. The Bertz CT molecular complexity index is 909. The SMILES string of the molecule is COc1ccc(COC(=O)/C=C/C(C)=C/C(C)C(=O)c2ccc(N(C)C)cc2)cc1. The molecule has 2 aromatic carbocycles. The summed E-state index contributed by atoms with van der Waals surface area (Å²) in [4.78, 5) is 26.5. The Morgan fingerprint density at radius 1 is 1.00 bits per heavy atom. The molecule has 2 rings (SSSR count). The second-order valence-corrected chi connectivity index (χ2v) is 7.29. The average molecular weight is 408 g/mol. The Balaban J connectivity index is 1.89. The summed E-state index contributed by atoms with van der Waals surface area (Å²) >= 11 is 0. The van der Waals surface area contributed by atoms with Crippen molar-refractivity contribution < 1.29 is 19.1 Å². The maximum Gasteiger partial charge on any atom is 0.331 e. The molecule has 0 aliphatic heterocycles. The van der Waals surface area contributed by atoms with Crippen LogP contribution in [0.15, 0.2) is 72.3 Å². The van der Waals surface area contributed by atoms with Gasteiger partial charge in [-0.25, -0.2) is 4.79 Å². The molecule has 2 aromatic rings. The normalized spacial score (nSPS) is 12.5. The topological polar surface area (TPSA) is 55.8 Å². The molecule has 5 heteroatoms. The molecule has 0 heterocycles. The molecule has 5 nitrogen and oxygen atoms in total. The fourth-order valence-corrected chi connectivity index (χ4v) is 2.84. The molecule has 0 aliphatic rings. The van der Waals surface area contributed by atoms with Crippen molar-refractivity contribution in [2.75, 3.05) is 26.1 Å². The Morgan fingerprint density at radius 2 is 1.63 bits per heavy atom. The first-order valence-corrected chi connectivity index (χ1v) is 9.78. The number of ketones is 1. The summed E-state index contributed by atoms with van der Waals surface area (Å²) < 4.78 is 10.3. The average Bonchev–Trinajstić information content (AvgIpc) is 2.76. The van der Waals surface area contributed by atoms with Crippen LogP contribution in [-0.2, 0) is 16.1 Å². The van der Waals surface area contributed by atoms with Crippen molar-refractivity contribution in [2.45, 2.75) is 20.5 Å². The lowest BCUT2D eigenvalue weighted by molar-refractivity contribution is -0.139. The molecule has 0 bridgehead atoms. The quantitative estimate of drug-likeness (QED) is 0.258. The van der Waals surface area contributed by atoms with E-state index in [1.807, 2.05) is 87.4 Å². The Labute approximate surface area is 178 Å². The number of hydrogen-bond acceptors (Lipinski definition) is 5. The highest BCUT2D eigenvalue weighted by molar-refractivity contribution is 5.99. The zero-order chi connectivity index (χ0) is 22.1. The number of ether oxygens (including phenoxy) is 2. The molecule has 0 saturated carbocycles. The summed E-state index contributed by atoms with van der Waals surface area (Å²) in [6.45, 7) is 3.89. The molecular formula is C25H29NO4. The fraction of sp³-hybridized carbons (Fsp3) is 0.280. The molecule has 30 heavy (non-hydrogen) atoms. The monoisotopic (exact) mass is 407 g/mol. The molecule has 0 fully saturated rings. The van der Waals surface area contributed by atoms with Gasteiger partial charge in [0.05, 0.1) is 7.11 Å². The van der Waals surface area contributed by atoms with Gasteiger partial charge >= 0.3 is 5.97 Å². The number of nitrogens with zero attached hydrogens (tertiary/aromatic N) is 1. The predicted molar refractivity (Wildman–Crippen MR) is 120 cm³/mol. The van der Waals surface area contributed by atoms with Gasteiger partial charge in [0.25, 0.3) is 0 Å². The van der Waals surface area contributed by atoms with E-state index < -0.39 is 5.97 Å². The van der Waals surface area contributed by atoms with Gasteiger partial charge in [-0.3, -0.25) is 4.79 Å². The number of Topliss-reactive ketones (excluding diaryl/α,β-unsaturated/α-hetero) is 1. The minimum absolute atomic E-state index is 0.0372. The van der Waals surface area contributed by atoms with Crippen LogP contribution in [0.4, 0.5) is 5.69 Å². The van der Waals surface area contributed by atoms with E-state index in [0.29, 0.717) is 5.56 Å². The van der Waals surface area contributed by atoms with Gasteiger partial charge in [0.1, 0.15) is 12.4 Å². The van der Waals surface area contributed by atoms with Crippen molar-refractivity contribution in [3.05, 3.63) is 83.5 Å². The minimum atomic E-state index is -0.433. The van der Waals surface area contributed by atoms with Crippen molar-refractivity contribution in [3.63, 3.8) is 0 Å². The number of hydrogen-bond donors (Lipinski definition) is 0. The second-order valence-electron chi connectivity index (χ2n) is 7.29. The van der Waals surface area contributed by atoms with Crippen molar-refractivity contribution in [1.82, 2.24) is 0 Å². The zero-order valence-electron chi connectivity index (χ0n) is 18.2. The van der Waals surface area contributed by atoms with Gasteiger partial charge in [0, 0.05) is 37.3 Å². The van der Waals surface area contributed by atoms with Gasteiger partial charge in [0.2, 0.25) is 0 Å². The lowest BCUT2D eigenvalue weighted by Crippen LogP contribution is -2.11. The number of rotatable bonds is 9. The lowest BCUT2D eigenvalue weighted by atomic mass is 9.97. The maximum atomic E-state index is 12.6. The van der Waals surface area contributed by atoms with Crippen molar-refractivity contribution in [1.29, 1.82) is 0 Å². The third kappa shape index (κ3) is 6.92. The summed E-state index contributed by atoms with van der Waals surface area (Å²) in [7, 11) is 5.52. The number of carbonyl (C=O) groups is 2. The summed E-state index contributed by atoms with van der Waals surface area (Å²) in [6, 6.07) is 14.9. The van der Waals surface area contributed by atoms with Gasteiger partial charge in [-0.05, 0) is 48.9 Å². The maximum absolute atomic E-state index is 12.6. The van der Waals surface area contributed by atoms with Crippen molar-refractivity contribution >= 4 is 17.4 Å². The van der Waals surface area contributed by atoms with E-state index in [1.165, 1.54) is 6.08 Å². The molecule has 0 radical (unpaired) electrons. The van der Waals surface area contributed by atoms with E-state index in [0.717, 1.165) is 22.6 Å². The summed E-state index contributed by atoms with van der Waals surface area (Å²) in [6.07, 6.45) is 4.88. The highest BCUT2D eigenvalue weighted by atomic mass is 16.5. The van der Waals surface area contributed by atoms with E-state index in [4.69, 9.17) is 9.47 Å². The van der Waals surface area contributed by atoms with Crippen molar-refractivity contribution in [2.24, 2.45) is 5.92 Å². The number of carbonyl (C=O) groups excluding carboxylic acids is 2. The second kappa shape index (κ2) is 11.0. The largest absolute Gasteiger partial charge is 0.497 e. The molecule has 0 saturated heterocycles. The first-order chi connectivity index (χ1) is 14.3. The van der Waals surface area contributed by atoms with Crippen LogP contribution in [-0.4, -0.2) is 33.0 Å². The molecule has 1 atom stereocenters. The number of esters is 1. The number of methoxy groups -OCH3 is 1. The Kier molecular flexibility index (Phi) is 8.41. The molecule has 0 amide bonds. The van der Waals surface area contributed by atoms with E-state index in [2.05, 4.69) is 0 Å². The van der Waals surface area contributed by atoms with Crippen LogP contribution in [0.25, 0.3) is 0 Å². The highest BCUT2D eigenvalue weighted by Gasteiger charge is 2.13. The fourth-order valence-electron chi connectivity index (χ4n) is 2.84. The number of anilines is 1. The molecule has 0 spiro atoms. The summed E-state index contributed by atoms with van der Waals surface area (Å²) in [5.74, 6) is 0.0604. The van der Waals surface area contributed by atoms with E-state index in [1.54, 1.807) is 13.2 Å². The first kappa shape index (κ1) is 22.9. The molecule has 0 aliphatic carbocycles. The van der Waals surface area contributed by atoms with Crippen LogP contribution in [0.2, 0.25) is 0 Å². The van der Waals surface area contributed by atoms with Gasteiger partial charge in [-0.2, -0.15) is 0 Å². The minimum Gasteiger partial charge on any atom is -0.497 e. The molecule has 0 aromatic heterocycles. The molecule has 158 valence electrons. The van der Waals surface area contributed by atoms with Gasteiger partial charge in [-0.15, -0.1) is 0 Å². The van der Waals surface area contributed by atoms with Crippen LogP contribution < -0.4 is 9.64 Å². The standard InChI is InChI=1S/C25H29NO4/c1-18(6-15-24(27)30-17-20-7-13-23(29-5)14-8-20)16-19(2)25(28)21-9-11-22(12-10-21)26(3)4/h6-16,19H,17H2,1-5H3/b15-6+,18-16+. The third-order valence-electron chi connectivity index (χ3n) is 4.62. The summed E-state index contributed by atoms with van der Waals surface area (Å²) in [5.41, 5.74) is 3.41. The molecule has 0 N–H and O–H groups in total. The first-order valence-electron chi connectivity index (χ1n) is 9.78. The van der Waals surface area contributed by atoms with E-state index >= 15 is 0 Å². The van der Waals surface area contributed by atoms with E-state index in [9.17, 15) is 9.59 Å². The summed E-state index contributed by atoms with van der Waals surface area (Å²) in [5, 5.41) is 0.